The second-order valence-corrected chi connectivity index (χ2v) is 5.98. The highest BCUT2D eigenvalue weighted by molar-refractivity contribution is 8.00. The molecule has 1 aromatic rings. The zero-order valence-corrected chi connectivity index (χ0v) is 13.1. The van der Waals surface area contributed by atoms with Gasteiger partial charge in [-0.15, -0.1) is 11.8 Å². The monoisotopic (exact) mass is 349 g/mol. The fraction of sp³-hybridized carbons (Fsp3) is 0.467. The molecule has 0 bridgehead atoms. The Labute approximate surface area is 136 Å². The number of alkyl halides is 3. The summed E-state index contributed by atoms with van der Waals surface area (Å²) in [6.07, 6.45) is -3.77. The Balaban J connectivity index is 2.51. The third kappa shape index (κ3) is 9.83. The van der Waals surface area contributed by atoms with Crippen LogP contribution in [-0.2, 0) is 16.0 Å². The van der Waals surface area contributed by atoms with Gasteiger partial charge in [0.05, 0.1) is 11.5 Å². The first-order valence-electron chi connectivity index (χ1n) is 6.96. The van der Waals surface area contributed by atoms with Gasteiger partial charge < -0.3 is 10.4 Å². The van der Waals surface area contributed by atoms with Crippen molar-refractivity contribution in [1.82, 2.24) is 5.32 Å². The highest BCUT2D eigenvalue weighted by atomic mass is 32.2. The Morgan fingerprint density at radius 2 is 1.87 bits per heavy atom. The van der Waals surface area contributed by atoms with Gasteiger partial charge in [-0.05, 0) is 18.4 Å². The molecule has 0 fully saturated rings. The Bertz CT molecular complexity index is 508. The van der Waals surface area contributed by atoms with Crippen LogP contribution in [0.1, 0.15) is 18.4 Å². The summed E-state index contributed by atoms with van der Waals surface area (Å²) in [5, 5.41) is 11.4. The third-order valence-corrected chi connectivity index (χ3v) is 3.89. The molecule has 2 N–H and O–H groups in total. The van der Waals surface area contributed by atoms with Crippen molar-refractivity contribution in [2.75, 3.05) is 11.5 Å². The van der Waals surface area contributed by atoms with Gasteiger partial charge in [-0.3, -0.25) is 9.59 Å². The first kappa shape index (κ1) is 19.3. The average molecular weight is 349 g/mol. The van der Waals surface area contributed by atoms with E-state index in [1.54, 1.807) is 0 Å². The number of carboxylic acids is 1. The molecule has 0 saturated carbocycles. The maximum Gasteiger partial charge on any atom is 0.397 e. The maximum absolute atomic E-state index is 12.0. The minimum Gasteiger partial charge on any atom is -0.481 e. The minimum absolute atomic E-state index is 0.118. The Kier molecular flexibility index (Phi) is 7.94. The first-order valence-corrected chi connectivity index (χ1v) is 8.11. The van der Waals surface area contributed by atoms with E-state index in [-0.39, 0.29) is 18.6 Å². The van der Waals surface area contributed by atoms with E-state index in [0.717, 1.165) is 5.56 Å². The minimum atomic E-state index is -4.31. The van der Waals surface area contributed by atoms with E-state index in [2.05, 4.69) is 5.32 Å². The molecule has 0 aliphatic carbocycles. The number of thioether (sulfide) groups is 1. The summed E-state index contributed by atoms with van der Waals surface area (Å²) in [4.78, 5) is 22.4. The fourth-order valence-corrected chi connectivity index (χ4v) is 2.55. The molecule has 0 heterocycles. The second kappa shape index (κ2) is 9.44. The third-order valence-electron chi connectivity index (χ3n) is 2.90. The SMILES string of the molecule is O=C(O)CCC(Cc1ccccc1)NC(=O)CSCC(F)(F)F. The number of hydrogen-bond acceptors (Lipinski definition) is 3. The summed E-state index contributed by atoms with van der Waals surface area (Å²) < 4.78 is 36.1. The van der Waals surface area contributed by atoms with Crippen molar-refractivity contribution in [2.24, 2.45) is 0 Å². The molecule has 1 rings (SSSR count). The molecule has 0 spiro atoms. The number of carboxylic acid groups (broad SMARTS) is 1. The van der Waals surface area contributed by atoms with Crippen LogP contribution in [0.3, 0.4) is 0 Å². The summed E-state index contributed by atoms with van der Waals surface area (Å²) >= 11 is 0.488. The Morgan fingerprint density at radius 1 is 1.22 bits per heavy atom. The van der Waals surface area contributed by atoms with Crippen LogP contribution in [0.15, 0.2) is 30.3 Å². The summed E-state index contributed by atoms with van der Waals surface area (Å²) in [5.41, 5.74) is 0.922. The molecule has 0 aromatic heterocycles. The molecule has 0 radical (unpaired) electrons. The van der Waals surface area contributed by atoms with Crippen LogP contribution >= 0.6 is 11.8 Å². The quantitative estimate of drug-likeness (QED) is 0.719. The number of carbonyl (C=O) groups excluding carboxylic acids is 1. The van der Waals surface area contributed by atoms with E-state index in [1.807, 2.05) is 30.3 Å². The molecule has 23 heavy (non-hydrogen) atoms. The van der Waals surface area contributed by atoms with Crippen LogP contribution in [0.4, 0.5) is 13.2 Å². The van der Waals surface area contributed by atoms with Crippen LogP contribution in [0.5, 0.6) is 0 Å². The van der Waals surface area contributed by atoms with Crippen LogP contribution in [0.2, 0.25) is 0 Å². The first-order chi connectivity index (χ1) is 10.8. The molecular formula is C15H18F3NO3S. The Hall–Kier alpha value is -1.70. The van der Waals surface area contributed by atoms with Gasteiger partial charge in [-0.2, -0.15) is 13.2 Å². The number of halogens is 3. The molecule has 1 aromatic carbocycles. The standard InChI is InChI=1S/C15H18F3NO3S/c16-15(17,18)10-23-9-13(20)19-12(6-7-14(21)22)8-11-4-2-1-3-5-11/h1-5,12H,6-10H2,(H,19,20)(H,21,22). The normalized spacial score (nSPS) is 12.7. The van der Waals surface area contributed by atoms with Crippen molar-refractivity contribution >= 4 is 23.6 Å². The molecule has 0 aliphatic rings. The van der Waals surface area contributed by atoms with Crippen LogP contribution < -0.4 is 5.32 Å². The summed E-state index contributed by atoms with van der Waals surface area (Å²) in [6.45, 7) is 0. The number of aliphatic carboxylic acids is 1. The smallest absolute Gasteiger partial charge is 0.397 e. The largest absolute Gasteiger partial charge is 0.481 e. The average Bonchev–Trinajstić information content (AvgIpc) is 2.44. The van der Waals surface area contributed by atoms with Gasteiger partial charge in [-0.25, -0.2) is 0 Å². The molecule has 1 unspecified atom stereocenters. The Morgan fingerprint density at radius 3 is 2.43 bits per heavy atom. The van der Waals surface area contributed by atoms with Crippen molar-refractivity contribution in [2.45, 2.75) is 31.5 Å². The van der Waals surface area contributed by atoms with Gasteiger partial charge in [0, 0.05) is 12.5 Å². The van der Waals surface area contributed by atoms with E-state index in [1.165, 1.54) is 0 Å². The lowest BCUT2D eigenvalue weighted by Gasteiger charge is -2.18. The number of nitrogens with one attached hydrogen (secondary N) is 1. The second-order valence-electron chi connectivity index (χ2n) is 4.99. The fourth-order valence-electron chi connectivity index (χ4n) is 1.95. The number of benzene rings is 1. The van der Waals surface area contributed by atoms with Gasteiger partial charge >= 0.3 is 12.1 Å². The summed E-state index contributed by atoms with van der Waals surface area (Å²) in [5.74, 6) is -2.90. The predicted molar refractivity (Wildman–Crippen MR) is 82.3 cm³/mol. The molecule has 0 saturated heterocycles. The van der Waals surface area contributed by atoms with Crippen molar-refractivity contribution in [1.29, 1.82) is 0 Å². The van der Waals surface area contributed by atoms with E-state index >= 15 is 0 Å². The number of hydrogen-bond donors (Lipinski definition) is 2. The van der Waals surface area contributed by atoms with Gasteiger partial charge in [0.1, 0.15) is 0 Å². The van der Waals surface area contributed by atoms with Gasteiger partial charge in [0.2, 0.25) is 5.91 Å². The van der Waals surface area contributed by atoms with E-state index < -0.39 is 29.8 Å². The lowest BCUT2D eigenvalue weighted by molar-refractivity contribution is -0.137. The number of rotatable bonds is 9. The van der Waals surface area contributed by atoms with E-state index in [0.29, 0.717) is 18.2 Å². The zero-order chi connectivity index (χ0) is 17.3. The predicted octanol–water partition coefficient (Wildman–Crippen LogP) is 2.87. The lowest BCUT2D eigenvalue weighted by Crippen LogP contribution is -2.38. The molecular weight excluding hydrogens is 331 g/mol. The molecule has 1 amide bonds. The summed E-state index contributed by atoms with van der Waals surface area (Å²) in [6, 6.07) is 8.75. The molecule has 8 heteroatoms. The molecule has 0 aliphatic heterocycles. The number of amides is 1. The number of carbonyl (C=O) groups is 2. The molecule has 128 valence electrons. The van der Waals surface area contributed by atoms with Crippen molar-refractivity contribution < 1.29 is 27.9 Å². The van der Waals surface area contributed by atoms with E-state index in [4.69, 9.17) is 5.11 Å². The van der Waals surface area contributed by atoms with Crippen molar-refractivity contribution in [3.63, 3.8) is 0 Å². The summed E-state index contributed by atoms with van der Waals surface area (Å²) in [7, 11) is 0. The topological polar surface area (TPSA) is 66.4 Å². The van der Waals surface area contributed by atoms with Crippen LogP contribution in [-0.4, -0.2) is 40.7 Å². The highest BCUT2D eigenvalue weighted by Gasteiger charge is 2.27. The molecule has 4 nitrogen and oxygen atoms in total. The van der Waals surface area contributed by atoms with Gasteiger partial charge in [0.25, 0.3) is 0 Å². The van der Waals surface area contributed by atoms with Crippen molar-refractivity contribution in [3.05, 3.63) is 35.9 Å². The van der Waals surface area contributed by atoms with E-state index in [9.17, 15) is 22.8 Å². The van der Waals surface area contributed by atoms with Crippen LogP contribution in [0, 0.1) is 0 Å². The highest BCUT2D eigenvalue weighted by Crippen LogP contribution is 2.20. The van der Waals surface area contributed by atoms with Crippen molar-refractivity contribution in [3.8, 4) is 0 Å². The van der Waals surface area contributed by atoms with Gasteiger partial charge in [0.15, 0.2) is 0 Å². The zero-order valence-electron chi connectivity index (χ0n) is 12.3. The lowest BCUT2D eigenvalue weighted by atomic mass is 10.0. The molecule has 1 atom stereocenters. The maximum atomic E-state index is 12.0. The van der Waals surface area contributed by atoms with Gasteiger partial charge in [-0.1, -0.05) is 30.3 Å². The van der Waals surface area contributed by atoms with Crippen LogP contribution in [0.25, 0.3) is 0 Å².